The van der Waals surface area contributed by atoms with Crippen molar-refractivity contribution in [2.24, 2.45) is 5.10 Å². The summed E-state index contributed by atoms with van der Waals surface area (Å²) in [5.74, 6) is -0.516. The lowest BCUT2D eigenvalue weighted by Crippen LogP contribution is -2.40. The number of methoxy groups -OCH3 is 2. The lowest BCUT2D eigenvalue weighted by Gasteiger charge is -2.25. The van der Waals surface area contributed by atoms with Crippen LogP contribution in [0.3, 0.4) is 0 Å². The Morgan fingerprint density at radius 3 is 2.23 bits per heavy atom. The van der Waals surface area contributed by atoms with Crippen LogP contribution in [0.15, 0.2) is 76.7 Å². The van der Waals surface area contributed by atoms with E-state index in [9.17, 15) is 33.4 Å². The first kappa shape index (κ1) is 28.5. The number of hydrogen-bond donors (Lipinski definition) is 1. The van der Waals surface area contributed by atoms with Crippen LogP contribution in [-0.2, 0) is 14.8 Å². The van der Waals surface area contributed by atoms with E-state index in [1.54, 1.807) is 0 Å². The summed E-state index contributed by atoms with van der Waals surface area (Å²) in [7, 11) is -2.00. The Balaban J connectivity index is 2.00. The number of nitrogens with one attached hydrogen (secondary N) is 1. The molecule has 0 unspecified atom stereocenters. The molecule has 0 aliphatic heterocycles. The lowest BCUT2D eigenvalue weighted by atomic mass is 10.1. The third kappa shape index (κ3) is 6.45. The fourth-order valence-corrected chi connectivity index (χ4v) is 5.03. The molecule has 39 heavy (non-hydrogen) atoms. The Morgan fingerprint density at radius 2 is 1.64 bits per heavy atom. The molecule has 3 rings (SSSR count). The van der Waals surface area contributed by atoms with Gasteiger partial charge in [-0.3, -0.25) is 29.3 Å². The van der Waals surface area contributed by atoms with E-state index in [0.717, 1.165) is 12.1 Å². The summed E-state index contributed by atoms with van der Waals surface area (Å²) in [5, 5.41) is 26.4. The fraction of sp³-hybridized carbons (Fsp3) is 0.167. The molecule has 0 saturated carbocycles. The number of nitrogens with zero attached hydrogens (tertiary/aromatic N) is 4. The van der Waals surface area contributed by atoms with E-state index >= 15 is 0 Å². The number of anilines is 1. The van der Waals surface area contributed by atoms with Gasteiger partial charge in [0.1, 0.15) is 18.0 Å². The third-order valence-electron chi connectivity index (χ3n) is 5.42. The fourth-order valence-electron chi connectivity index (χ4n) is 3.44. The first-order valence-corrected chi connectivity index (χ1v) is 12.5. The van der Waals surface area contributed by atoms with Crippen LogP contribution >= 0.6 is 0 Å². The Labute approximate surface area is 222 Å². The highest BCUT2D eigenvalue weighted by atomic mass is 32.2. The van der Waals surface area contributed by atoms with Gasteiger partial charge >= 0.3 is 0 Å². The molecule has 0 atom stereocenters. The summed E-state index contributed by atoms with van der Waals surface area (Å²) in [4.78, 5) is 33.3. The van der Waals surface area contributed by atoms with Crippen molar-refractivity contribution in [2.45, 2.75) is 11.8 Å². The Hall–Kier alpha value is -5.05. The summed E-state index contributed by atoms with van der Waals surface area (Å²) in [5.41, 5.74) is 2.12. The number of sulfonamides is 1. The van der Waals surface area contributed by atoms with Crippen LogP contribution in [0, 0.1) is 20.2 Å². The van der Waals surface area contributed by atoms with Crippen LogP contribution in [0.1, 0.15) is 12.5 Å². The number of hydrogen-bond acceptors (Lipinski definition) is 10. The van der Waals surface area contributed by atoms with Gasteiger partial charge in [0.15, 0.2) is 4.90 Å². The van der Waals surface area contributed by atoms with Crippen LogP contribution in [0.5, 0.6) is 11.5 Å². The van der Waals surface area contributed by atoms with Gasteiger partial charge in [-0.25, -0.2) is 13.8 Å². The molecule has 204 valence electrons. The predicted octanol–water partition coefficient (Wildman–Crippen LogP) is 3.26. The van der Waals surface area contributed by atoms with Crippen molar-refractivity contribution in [1.82, 2.24) is 5.43 Å². The van der Waals surface area contributed by atoms with Gasteiger partial charge in [-0.15, -0.1) is 0 Å². The number of nitro benzene ring substituents is 2. The molecular weight excluding hydrogens is 534 g/mol. The number of ether oxygens (including phenoxy) is 2. The average Bonchev–Trinajstić information content (AvgIpc) is 2.94. The first-order valence-electron chi connectivity index (χ1n) is 11.1. The highest BCUT2D eigenvalue weighted by Gasteiger charge is 2.34. The number of non-ortho nitro benzene ring substituents is 1. The third-order valence-corrected chi connectivity index (χ3v) is 7.22. The van der Waals surface area contributed by atoms with Crippen molar-refractivity contribution in [2.75, 3.05) is 25.1 Å². The van der Waals surface area contributed by atoms with Crippen LogP contribution in [0.25, 0.3) is 0 Å². The quantitative estimate of drug-likeness (QED) is 0.210. The molecule has 3 aromatic rings. The van der Waals surface area contributed by atoms with E-state index in [0.29, 0.717) is 15.6 Å². The van der Waals surface area contributed by atoms with Crippen molar-refractivity contribution >= 4 is 38.7 Å². The minimum absolute atomic E-state index is 0.0230. The highest BCUT2D eigenvalue weighted by molar-refractivity contribution is 7.93. The van der Waals surface area contributed by atoms with Gasteiger partial charge in [0.05, 0.1) is 35.5 Å². The number of carbonyl (C=O) groups excluding carboxylic acids is 1. The van der Waals surface area contributed by atoms with Crippen molar-refractivity contribution in [3.63, 3.8) is 0 Å². The van der Waals surface area contributed by atoms with Gasteiger partial charge in [0.2, 0.25) is 0 Å². The van der Waals surface area contributed by atoms with E-state index in [4.69, 9.17) is 9.47 Å². The average molecular weight is 558 g/mol. The summed E-state index contributed by atoms with van der Waals surface area (Å²) in [6, 6.07) is 14.3. The molecule has 0 aromatic heterocycles. The van der Waals surface area contributed by atoms with Gasteiger partial charge in [-0.2, -0.15) is 5.10 Å². The van der Waals surface area contributed by atoms with E-state index in [1.807, 2.05) is 0 Å². The molecule has 0 spiro atoms. The summed E-state index contributed by atoms with van der Waals surface area (Å²) >= 11 is 0. The minimum Gasteiger partial charge on any atom is -0.497 e. The molecule has 0 heterocycles. The molecule has 1 N–H and O–H groups in total. The normalized spacial score (nSPS) is 11.4. The van der Waals surface area contributed by atoms with Gasteiger partial charge < -0.3 is 9.47 Å². The Bertz CT molecular complexity index is 1540. The maximum Gasteiger partial charge on any atom is 0.289 e. The van der Waals surface area contributed by atoms with Gasteiger partial charge in [-0.1, -0.05) is 12.1 Å². The molecule has 0 aliphatic carbocycles. The second-order valence-electron chi connectivity index (χ2n) is 7.81. The van der Waals surface area contributed by atoms with E-state index < -0.39 is 42.9 Å². The standard InChI is InChI=1S/C24H23N5O9S/c1-16(17-8-10-18(11-9-17)28(31)32)25-26-24(30)15-27(20-13-12-19(37-2)14-22(20)38-3)39(35,36)23-7-5-4-6-21(23)29(33)34/h4-14H,15H2,1-3H3,(H,26,30)/b25-16-. The molecule has 14 nitrogen and oxygen atoms in total. The molecule has 0 aliphatic rings. The summed E-state index contributed by atoms with van der Waals surface area (Å²) in [6.45, 7) is 0.712. The van der Waals surface area contributed by atoms with Crippen molar-refractivity contribution in [1.29, 1.82) is 0 Å². The number of nitro groups is 2. The van der Waals surface area contributed by atoms with Crippen LogP contribution in [0.2, 0.25) is 0 Å². The second-order valence-corrected chi connectivity index (χ2v) is 9.64. The molecule has 3 aromatic carbocycles. The number of hydrazone groups is 1. The number of benzene rings is 3. The minimum atomic E-state index is -4.68. The SMILES string of the molecule is COc1ccc(N(CC(=O)N/N=C(/C)c2ccc([N+](=O)[O-])cc2)S(=O)(=O)c2ccccc2[N+](=O)[O-])c(OC)c1. The van der Waals surface area contributed by atoms with Gasteiger partial charge in [-0.05, 0) is 42.8 Å². The van der Waals surface area contributed by atoms with E-state index in [1.165, 1.54) is 75.7 Å². The van der Waals surface area contributed by atoms with E-state index in [2.05, 4.69) is 10.5 Å². The summed E-state index contributed by atoms with van der Waals surface area (Å²) < 4.78 is 38.6. The van der Waals surface area contributed by atoms with Crippen LogP contribution in [0.4, 0.5) is 17.1 Å². The monoisotopic (exact) mass is 557 g/mol. The maximum atomic E-state index is 13.7. The molecule has 15 heteroatoms. The summed E-state index contributed by atoms with van der Waals surface area (Å²) in [6.07, 6.45) is 0. The van der Waals surface area contributed by atoms with Gasteiger partial charge in [0.25, 0.3) is 27.3 Å². The zero-order valence-electron chi connectivity index (χ0n) is 20.9. The van der Waals surface area contributed by atoms with Crippen LogP contribution < -0.4 is 19.2 Å². The number of rotatable bonds is 11. The lowest BCUT2D eigenvalue weighted by molar-refractivity contribution is -0.387. The molecule has 1 amide bonds. The smallest absolute Gasteiger partial charge is 0.289 e. The topological polar surface area (TPSA) is 184 Å². The zero-order chi connectivity index (χ0) is 28.7. The number of para-hydroxylation sites is 1. The first-order chi connectivity index (χ1) is 18.5. The molecule has 0 saturated heterocycles. The molecule has 0 bridgehead atoms. The van der Waals surface area contributed by atoms with Crippen LogP contribution in [-0.4, -0.2) is 50.6 Å². The molecular formula is C24H23N5O9S. The number of carbonyl (C=O) groups is 1. The Morgan fingerprint density at radius 1 is 0.974 bits per heavy atom. The largest absolute Gasteiger partial charge is 0.497 e. The van der Waals surface area contributed by atoms with Crippen molar-refractivity contribution in [3.05, 3.63) is 92.5 Å². The predicted molar refractivity (Wildman–Crippen MR) is 141 cm³/mol. The van der Waals surface area contributed by atoms with Crippen molar-refractivity contribution in [3.8, 4) is 11.5 Å². The maximum absolute atomic E-state index is 13.7. The second kappa shape index (κ2) is 12.0. The molecule has 0 radical (unpaired) electrons. The Kier molecular flexibility index (Phi) is 8.77. The van der Waals surface area contributed by atoms with E-state index in [-0.39, 0.29) is 22.8 Å². The van der Waals surface area contributed by atoms with Gasteiger partial charge in [0, 0.05) is 24.3 Å². The highest BCUT2D eigenvalue weighted by Crippen LogP contribution is 2.37. The zero-order valence-corrected chi connectivity index (χ0v) is 21.7. The molecule has 0 fully saturated rings. The number of amides is 1. The van der Waals surface area contributed by atoms with Crippen molar-refractivity contribution < 1.29 is 32.5 Å².